The molecule has 25 heavy (non-hydrogen) atoms. The van der Waals surface area contributed by atoms with Gasteiger partial charge in [-0.1, -0.05) is 24.3 Å². The lowest BCUT2D eigenvalue weighted by molar-refractivity contribution is 0.340. The maximum absolute atomic E-state index is 5.54. The van der Waals surface area contributed by atoms with Crippen LogP contribution in [0.1, 0.15) is 12.5 Å². The summed E-state index contributed by atoms with van der Waals surface area (Å²) in [5, 5.41) is 11.5. The molecular weight excluding hydrogens is 336 g/mol. The summed E-state index contributed by atoms with van der Waals surface area (Å²) in [6.45, 7) is 2.55. The first-order valence-electron chi connectivity index (χ1n) is 7.80. The molecule has 7 heteroatoms. The van der Waals surface area contributed by atoms with Crippen molar-refractivity contribution in [3.63, 3.8) is 0 Å². The number of nitrogens with zero attached hydrogens (tertiary/aromatic N) is 3. The number of rotatable bonds is 6. The van der Waals surface area contributed by atoms with Crippen LogP contribution in [0.25, 0.3) is 11.4 Å². The van der Waals surface area contributed by atoms with Gasteiger partial charge in [0.15, 0.2) is 5.82 Å². The first-order valence-corrected chi connectivity index (χ1v) is 8.21. The molecule has 0 bridgehead atoms. The highest BCUT2D eigenvalue weighted by Gasteiger charge is 2.09. The summed E-state index contributed by atoms with van der Waals surface area (Å²) >= 11 is 5.30. The third-order valence-electron chi connectivity index (χ3n) is 3.47. The summed E-state index contributed by atoms with van der Waals surface area (Å²) in [6, 6.07) is 15.3. The summed E-state index contributed by atoms with van der Waals surface area (Å²) in [4.78, 5) is 0. The second kappa shape index (κ2) is 7.76. The van der Waals surface area contributed by atoms with Crippen molar-refractivity contribution in [3.05, 3.63) is 58.9 Å². The van der Waals surface area contributed by atoms with Gasteiger partial charge in [-0.05, 0) is 49.0 Å². The molecular formula is C18H18N4O2S. The van der Waals surface area contributed by atoms with Gasteiger partial charge in [0.2, 0.25) is 4.77 Å². The lowest BCUT2D eigenvalue weighted by atomic mass is 10.2. The summed E-state index contributed by atoms with van der Waals surface area (Å²) in [5.41, 5.74) is 1.76. The Labute approximate surface area is 150 Å². The SMILES string of the molecule is CCOc1cccc(-c2n[nH]c(=S)n2/N=C\c2cccc(OC)c2)c1. The van der Waals surface area contributed by atoms with E-state index in [0.29, 0.717) is 17.2 Å². The Balaban J connectivity index is 1.95. The molecule has 1 N–H and O–H groups in total. The van der Waals surface area contributed by atoms with E-state index in [9.17, 15) is 0 Å². The fourth-order valence-electron chi connectivity index (χ4n) is 2.32. The van der Waals surface area contributed by atoms with Gasteiger partial charge in [-0.3, -0.25) is 0 Å². The van der Waals surface area contributed by atoms with E-state index in [-0.39, 0.29) is 0 Å². The molecule has 1 aromatic heterocycles. The van der Waals surface area contributed by atoms with Crippen LogP contribution in [-0.4, -0.2) is 34.8 Å². The van der Waals surface area contributed by atoms with Crippen molar-refractivity contribution >= 4 is 18.4 Å². The molecule has 1 heterocycles. The predicted molar refractivity (Wildman–Crippen MR) is 100 cm³/mol. The smallest absolute Gasteiger partial charge is 0.216 e. The van der Waals surface area contributed by atoms with Gasteiger partial charge >= 0.3 is 0 Å². The molecule has 3 aromatic rings. The Morgan fingerprint density at radius 3 is 2.80 bits per heavy atom. The van der Waals surface area contributed by atoms with Crippen molar-refractivity contribution in [1.82, 2.24) is 14.9 Å². The average Bonchev–Trinajstić information content (AvgIpc) is 3.01. The van der Waals surface area contributed by atoms with Crippen molar-refractivity contribution < 1.29 is 9.47 Å². The molecule has 2 aromatic carbocycles. The van der Waals surface area contributed by atoms with Gasteiger partial charge in [-0.15, -0.1) is 0 Å². The zero-order valence-corrected chi connectivity index (χ0v) is 14.8. The number of nitrogens with one attached hydrogen (secondary N) is 1. The molecule has 3 rings (SSSR count). The van der Waals surface area contributed by atoms with Crippen molar-refractivity contribution in [2.24, 2.45) is 5.10 Å². The second-order valence-electron chi connectivity index (χ2n) is 5.15. The molecule has 0 saturated heterocycles. The molecule has 128 valence electrons. The number of ether oxygens (including phenoxy) is 2. The number of aromatic nitrogens is 3. The van der Waals surface area contributed by atoms with Crippen LogP contribution in [0.2, 0.25) is 0 Å². The van der Waals surface area contributed by atoms with Gasteiger partial charge in [-0.2, -0.15) is 14.9 Å². The number of hydrogen-bond acceptors (Lipinski definition) is 5. The normalized spacial score (nSPS) is 11.0. The number of H-pyrrole nitrogens is 1. The van der Waals surface area contributed by atoms with E-state index in [4.69, 9.17) is 21.7 Å². The summed E-state index contributed by atoms with van der Waals surface area (Å²) < 4.78 is 12.8. The lowest BCUT2D eigenvalue weighted by Gasteiger charge is -2.05. The highest BCUT2D eigenvalue weighted by atomic mass is 32.1. The van der Waals surface area contributed by atoms with E-state index in [0.717, 1.165) is 22.6 Å². The summed E-state index contributed by atoms with van der Waals surface area (Å²) in [6.07, 6.45) is 1.71. The first-order chi connectivity index (χ1) is 12.2. The molecule has 0 aliphatic carbocycles. The van der Waals surface area contributed by atoms with Crippen LogP contribution in [0.3, 0.4) is 0 Å². The fourth-order valence-corrected chi connectivity index (χ4v) is 2.50. The van der Waals surface area contributed by atoms with Crippen molar-refractivity contribution in [2.75, 3.05) is 13.7 Å². The van der Waals surface area contributed by atoms with Gasteiger partial charge in [0.1, 0.15) is 11.5 Å². The first kappa shape index (κ1) is 16.9. The van der Waals surface area contributed by atoms with Crippen LogP contribution in [-0.2, 0) is 0 Å². The molecule has 0 fully saturated rings. The van der Waals surface area contributed by atoms with E-state index in [1.807, 2.05) is 55.5 Å². The third kappa shape index (κ3) is 3.95. The minimum Gasteiger partial charge on any atom is -0.497 e. The van der Waals surface area contributed by atoms with Gasteiger partial charge in [-0.25, -0.2) is 5.10 Å². The van der Waals surface area contributed by atoms with Crippen molar-refractivity contribution in [3.8, 4) is 22.9 Å². The summed E-state index contributed by atoms with van der Waals surface area (Å²) in [5.74, 6) is 2.16. The molecule has 0 aliphatic rings. The van der Waals surface area contributed by atoms with E-state index in [1.165, 1.54) is 0 Å². The maximum Gasteiger partial charge on any atom is 0.216 e. The van der Waals surface area contributed by atoms with Gasteiger partial charge in [0.25, 0.3) is 0 Å². The molecule has 0 spiro atoms. The van der Waals surface area contributed by atoms with Crippen LogP contribution in [0.15, 0.2) is 53.6 Å². The fraction of sp³-hybridized carbons (Fsp3) is 0.167. The highest BCUT2D eigenvalue weighted by molar-refractivity contribution is 7.71. The zero-order valence-electron chi connectivity index (χ0n) is 14.0. The molecule has 0 radical (unpaired) electrons. The Morgan fingerprint density at radius 2 is 2.00 bits per heavy atom. The van der Waals surface area contributed by atoms with Crippen molar-refractivity contribution in [1.29, 1.82) is 0 Å². The molecule has 0 saturated carbocycles. The monoisotopic (exact) mass is 354 g/mol. The predicted octanol–water partition coefficient (Wildman–Crippen LogP) is 3.90. The van der Waals surface area contributed by atoms with Crippen LogP contribution in [0.4, 0.5) is 0 Å². The minimum absolute atomic E-state index is 0.413. The lowest BCUT2D eigenvalue weighted by Crippen LogP contribution is -1.96. The molecule has 0 amide bonds. The molecule has 0 atom stereocenters. The molecule has 6 nitrogen and oxygen atoms in total. The standard InChI is InChI=1S/C18H18N4O2S/c1-3-24-16-9-5-7-14(11-16)17-20-21-18(25)22(17)19-12-13-6-4-8-15(10-13)23-2/h4-12H,3H2,1-2H3,(H,21,25)/b19-12-. The van der Waals surface area contributed by atoms with E-state index < -0.39 is 0 Å². The average molecular weight is 354 g/mol. The second-order valence-corrected chi connectivity index (χ2v) is 5.53. The van der Waals surface area contributed by atoms with Gasteiger partial charge < -0.3 is 9.47 Å². The van der Waals surface area contributed by atoms with Crippen molar-refractivity contribution in [2.45, 2.75) is 6.92 Å². The zero-order chi connectivity index (χ0) is 17.6. The Kier molecular flexibility index (Phi) is 5.25. The Morgan fingerprint density at radius 1 is 1.20 bits per heavy atom. The van der Waals surface area contributed by atoms with Gasteiger partial charge in [0.05, 0.1) is 19.9 Å². The van der Waals surface area contributed by atoms with E-state index in [2.05, 4.69) is 15.3 Å². The molecule has 0 aliphatic heterocycles. The molecule has 0 unspecified atom stereocenters. The number of hydrogen-bond donors (Lipinski definition) is 1. The summed E-state index contributed by atoms with van der Waals surface area (Å²) in [7, 11) is 1.63. The van der Waals surface area contributed by atoms with Gasteiger partial charge in [0, 0.05) is 5.56 Å². The highest BCUT2D eigenvalue weighted by Crippen LogP contribution is 2.22. The topological polar surface area (TPSA) is 64.4 Å². The third-order valence-corrected chi connectivity index (χ3v) is 3.73. The quantitative estimate of drug-likeness (QED) is 0.539. The number of aromatic amines is 1. The van der Waals surface area contributed by atoms with E-state index in [1.54, 1.807) is 18.0 Å². The Hall–Kier alpha value is -2.93. The maximum atomic E-state index is 5.54. The Bertz CT molecular complexity index is 946. The minimum atomic E-state index is 0.413. The largest absolute Gasteiger partial charge is 0.497 e. The van der Waals surface area contributed by atoms with Crippen LogP contribution < -0.4 is 9.47 Å². The number of benzene rings is 2. The number of methoxy groups -OCH3 is 1. The van der Waals surface area contributed by atoms with E-state index >= 15 is 0 Å². The van der Waals surface area contributed by atoms with Crippen LogP contribution >= 0.6 is 12.2 Å². The van der Waals surface area contributed by atoms with Crippen LogP contribution in [0.5, 0.6) is 11.5 Å². The van der Waals surface area contributed by atoms with Crippen LogP contribution in [0, 0.1) is 4.77 Å².